The number of sulfonamides is 1. The highest BCUT2D eigenvalue weighted by Crippen LogP contribution is 2.46. The van der Waals surface area contributed by atoms with Gasteiger partial charge in [0, 0.05) is 26.2 Å². The Kier molecular flexibility index (Phi) is 8.82. The molecule has 6 nitrogen and oxygen atoms in total. The van der Waals surface area contributed by atoms with Gasteiger partial charge >= 0.3 is 6.18 Å². The van der Waals surface area contributed by atoms with Gasteiger partial charge in [0.2, 0.25) is 15.9 Å². The zero-order valence-corrected chi connectivity index (χ0v) is 23.6. The fourth-order valence-corrected chi connectivity index (χ4v) is 7.39. The van der Waals surface area contributed by atoms with Crippen LogP contribution >= 0.6 is 0 Å². The van der Waals surface area contributed by atoms with Crippen LogP contribution in [0.25, 0.3) is 11.1 Å². The lowest BCUT2D eigenvalue weighted by Gasteiger charge is -2.34. The number of alkyl halides is 3. The average Bonchev–Trinajstić information content (AvgIpc) is 3.29. The minimum atomic E-state index is -4.47. The van der Waals surface area contributed by atoms with Crippen LogP contribution in [0, 0.1) is 0 Å². The smallest absolute Gasteiger partial charge is 0.346 e. The van der Waals surface area contributed by atoms with Crippen molar-refractivity contribution in [1.82, 2.24) is 14.5 Å². The Morgan fingerprint density at radius 1 is 0.854 bits per heavy atom. The van der Waals surface area contributed by atoms with Crippen LogP contribution in [0.15, 0.2) is 72.8 Å². The van der Waals surface area contributed by atoms with Crippen molar-refractivity contribution in [2.75, 3.05) is 39.3 Å². The summed E-state index contributed by atoms with van der Waals surface area (Å²) in [6, 6.07) is 22.4. The maximum Gasteiger partial charge on any atom is 0.405 e. The lowest BCUT2D eigenvalue weighted by molar-refractivity contribution is -0.138. The van der Waals surface area contributed by atoms with Gasteiger partial charge in [-0.3, -0.25) is 4.79 Å². The van der Waals surface area contributed by atoms with Gasteiger partial charge < -0.3 is 10.2 Å². The molecule has 2 aliphatic rings. The van der Waals surface area contributed by atoms with Crippen molar-refractivity contribution in [3.8, 4) is 11.1 Å². The van der Waals surface area contributed by atoms with Crippen LogP contribution in [0.1, 0.15) is 41.0 Å². The first-order chi connectivity index (χ1) is 19.6. The molecule has 3 aromatic rings. The molecular formula is C31H34F3N3O3S. The molecule has 1 N–H and O–H groups in total. The molecular weight excluding hydrogens is 551 g/mol. The molecule has 0 radical (unpaired) electrons. The van der Waals surface area contributed by atoms with E-state index in [1.807, 2.05) is 66.7 Å². The molecule has 3 aromatic carbocycles. The number of rotatable bonds is 10. The minimum absolute atomic E-state index is 0.0171. The van der Waals surface area contributed by atoms with Gasteiger partial charge in [-0.25, -0.2) is 8.42 Å². The third kappa shape index (κ3) is 6.99. The van der Waals surface area contributed by atoms with E-state index < -0.39 is 34.6 Å². The molecule has 5 rings (SSSR count). The van der Waals surface area contributed by atoms with Crippen LogP contribution in [0.2, 0.25) is 0 Å². The van der Waals surface area contributed by atoms with Gasteiger partial charge in [-0.1, -0.05) is 72.8 Å². The maximum absolute atomic E-state index is 12.9. The van der Waals surface area contributed by atoms with Crippen molar-refractivity contribution in [3.63, 3.8) is 0 Å². The summed E-state index contributed by atoms with van der Waals surface area (Å²) in [6.45, 7) is 1.85. The van der Waals surface area contributed by atoms with Gasteiger partial charge in [-0.05, 0) is 59.2 Å². The van der Waals surface area contributed by atoms with E-state index >= 15 is 0 Å². The van der Waals surface area contributed by atoms with Gasteiger partial charge in [-0.15, -0.1) is 0 Å². The minimum Gasteiger partial charge on any atom is -0.346 e. The topological polar surface area (TPSA) is 69.7 Å². The van der Waals surface area contributed by atoms with E-state index in [9.17, 15) is 26.4 Å². The number of amides is 1. The second-order valence-electron chi connectivity index (χ2n) is 10.7. The fraction of sp³-hybridized carbons (Fsp3) is 0.387. The van der Waals surface area contributed by atoms with Crippen molar-refractivity contribution in [3.05, 3.63) is 95.1 Å². The van der Waals surface area contributed by atoms with Crippen molar-refractivity contribution in [2.45, 2.75) is 37.1 Å². The number of piperazine rings is 1. The largest absolute Gasteiger partial charge is 0.405 e. The van der Waals surface area contributed by atoms with E-state index in [0.29, 0.717) is 26.2 Å². The number of carbonyl (C=O) groups excluding carboxylic acids is 1. The van der Waals surface area contributed by atoms with Crippen molar-refractivity contribution in [1.29, 1.82) is 0 Å². The highest BCUT2D eigenvalue weighted by molar-refractivity contribution is 7.88. The molecule has 1 saturated heterocycles. The molecule has 1 atom stereocenters. The summed E-state index contributed by atoms with van der Waals surface area (Å²) >= 11 is 0. The van der Waals surface area contributed by atoms with Gasteiger partial charge in [0.1, 0.15) is 6.54 Å². The first-order valence-electron chi connectivity index (χ1n) is 13.9. The van der Waals surface area contributed by atoms with E-state index in [2.05, 4.69) is 10.2 Å². The van der Waals surface area contributed by atoms with Crippen molar-refractivity contribution < 1.29 is 26.4 Å². The van der Waals surface area contributed by atoms with E-state index in [1.165, 1.54) is 0 Å². The Bertz CT molecular complexity index is 1470. The molecule has 0 bridgehead atoms. The van der Waals surface area contributed by atoms with Crippen LogP contribution in [-0.2, 0) is 27.0 Å². The lowest BCUT2D eigenvalue weighted by atomic mass is 9.93. The number of unbranched alkanes of at least 4 members (excludes halogenated alkanes) is 1. The number of halogens is 3. The summed E-state index contributed by atoms with van der Waals surface area (Å²) in [7, 11) is -3.35. The van der Waals surface area contributed by atoms with Crippen LogP contribution < -0.4 is 5.32 Å². The molecule has 41 heavy (non-hydrogen) atoms. The zero-order valence-electron chi connectivity index (χ0n) is 22.7. The number of nitrogens with one attached hydrogen (secondary N) is 1. The predicted octanol–water partition coefficient (Wildman–Crippen LogP) is 4.95. The quantitative estimate of drug-likeness (QED) is 0.342. The van der Waals surface area contributed by atoms with Crippen molar-refractivity contribution in [2.24, 2.45) is 0 Å². The standard InChI is InChI=1S/C31H34F3N3O3S/c32-31(33,34)22-35-30(38)29-26-14-5-4-13-25(26)28-24(12-8-15-27(28)29)11-6-7-16-36-17-19-37(20-18-36)41(39,40)21-23-9-2-1-3-10-23/h1-5,8-10,12-15,29H,6-7,11,16-22H2,(H,35,38). The lowest BCUT2D eigenvalue weighted by Crippen LogP contribution is -2.49. The summed E-state index contributed by atoms with van der Waals surface area (Å²) in [6.07, 6.45) is -1.87. The summed E-state index contributed by atoms with van der Waals surface area (Å²) in [5.41, 5.74) is 5.20. The van der Waals surface area contributed by atoms with Crippen LogP contribution in [0.5, 0.6) is 0 Å². The number of hydrogen-bond acceptors (Lipinski definition) is 4. The highest BCUT2D eigenvalue weighted by Gasteiger charge is 2.37. The summed E-state index contributed by atoms with van der Waals surface area (Å²) in [5, 5.41) is 2.07. The zero-order chi connectivity index (χ0) is 29.0. The number of fused-ring (bicyclic) bond motifs is 3. The Hall–Kier alpha value is -3.21. The highest BCUT2D eigenvalue weighted by atomic mass is 32.2. The van der Waals surface area contributed by atoms with Gasteiger partial charge in [0.05, 0.1) is 11.7 Å². The molecule has 0 spiro atoms. The maximum atomic E-state index is 12.9. The van der Waals surface area contributed by atoms with E-state index in [4.69, 9.17) is 0 Å². The average molecular weight is 586 g/mol. The number of aryl methyl sites for hydroxylation is 1. The molecule has 1 fully saturated rings. The summed E-state index contributed by atoms with van der Waals surface area (Å²) < 4.78 is 65.6. The van der Waals surface area contributed by atoms with Gasteiger partial charge in [0.15, 0.2) is 0 Å². The molecule has 1 unspecified atom stereocenters. The number of hydrogen-bond donors (Lipinski definition) is 1. The van der Waals surface area contributed by atoms with Crippen LogP contribution in [-0.4, -0.2) is 69.0 Å². The van der Waals surface area contributed by atoms with E-state index in [1.54, 1.807) is 10.4 Å². The Morgan fingerprint density at radius 2 is 1.54 bits per heavy atom. The summed E-state index contributed by atoms with van der Waals surface area (Å²) in [5.74, 6) is -1.39. The normalized spacial score (nSPS) is 17.7. The monoisotopic (exact) mass is 585 g/mol. The van der Waals surface area contributed by atoms with E-state index in [-0.39, 0.29) is 5.75 Å². The fourth-order valence-electron chi connectivity index (χ4n) is 5.87. The first kappa shape index (κ1) is 29.3. The molecule has 0 saturated carbocycles. The van der Waals surface area contributed by atoms with Crippen molar-refractivity contribution >= 4 is 15.9 Å². The molecule has 0 aromatic heterocycles. The number of nitrogens with zero attached hydrogens (tertiary/aromatic N) is 2. The number of benzene rings is 3. The second kappa shape index (κ2) is 12.3. The number of carbonyl (C=O) groups is 1. The SMILES string of the molecule is O=C(NCC(F)(F)F)C1c2ccccc2-c2c(CCCCN3CCN(S(=O)(=O)Cc4ccccc4)CC3)cccc21. The third-order valence-corrected chi connectivity index (χ3v) is 9.70. The Labute approximate surface area is 239 Å². The Morgan fingerprint density at radius 3 is 2.27 bits per heavy atom. The molecule has 218 valence electrons. The Balaban J connectivity index is 1.16. The summed E-state index contributed by atoms with van der Waals surface area (Å²) in [4.78, 5) is 15.2. The van der Waals surface area contributed by atoms with Gasteiger partial charge in [-0.2, -0.15) is 17.5 Å². The first-order valence-corrected chi connectivity index (χ1v) is 15.5. The van der Waals surface area contributed by atoms with Gasteiger partial charge in [0.25, 0.3) is 0 Å². The van der Waals surface area contributed by atoms with Crippen LogP contribution in [0.4, 0.5) is 13.2 Å². The second-order valence-corrected chi connectivity index (χ2v) is 12.6. The van der Waals surface area contributed by atoms with E-state index in [0.717, 1.165) is 59.2 Å². The molecule has 1 aliphatic heterocycles. The molecule has 1 aliphatic carbocycles. The third-order valence-electron chi connectivity index (χ3n) is 7.85. The molecule has 1 heterocycles. The van der Waals surface area contributed by atoms with Crippen LogP contribution in [0.3, 0.4) is 0 Å². The molecule has 1 amide bonds. The molecule has 10 heteroatoms. The predicted molar refractivity (Wildman–Crippen MR) is 153 cm³/mol.